The van der Waals surface area contributed by atoms with Gasteiger partial charge in [0.2, 0.25) is 11.8 Å². The van der Waals surface area contributed by atoms with Gasteiger partial charge >= 0.3 is 0 Å². The Hall–Kier alpha value is -3.35. The van der Waals surface area contributed by atoms with Gasteiger partial charge in [-0.1, -0.05) is 12.1 Å². The number of aryl methyl sites for hydroxylation is 1. The lowest BCUT2D eigenvalue weighted by Gasteiger charge is -2.23. The second-order valence-electron chi connectivity index (χ2n) is 6.84. The third-order valence-electron chi connectivity index (χ3n) is 4.25. The fraction of sp³-hybridized carbons (Fsp3) is 0.318. The van der Waals surface area contributed by atoms with Gasteiger partial charge in [-0.15, -0.1) is 0 Å². The minimum absolute atomic E-state index is 0.256. The zero-order chi connectivity index (χ0) is 21.4. The molecule has 2 rings (SSSR count). The van der Waals surface area contributed by atoms with Crippen molar-refractivity contribution in [1.29, 1.82) is 0 Å². The predicted octanol–water partition coefficient (Wildman–Crippen LogP) is 3.17. The standard InChI is InChI=1S/C22H28N4O3/c1-5-26(21-8-6-7-15(2)11-21)10-9-23-22(29)18-12-19(24-16(3)27)14-20(13-18)25-17(4)28/h6-8,11-14H,5,9-10H2,1-4H3,(H,23,29)(H,24,27)(H,25,28). The molecule has 2 aromatic carbocycles. The van der Waals surface area contributed by atoms with Crippen LogP contribution in [0, 0.1) is 6.92 Å². The number of rotatable bonds is 8. The van der Waals surface area contributed by atoms with Crippen molar-refractivity contribution in [2.45, 2.75) is 27.7 Å². The molecule has 0 bridgehead atoms. The molecule has 7 heteroatoms. The second kappa shape index (κ2) is 10.3. The van der Waals surface area contributed by atoms with Crippen LogP contribution in [0.4, 0.5) is 17.1 Å². The molecule has 0 aliphatic carbocycles. The summed E-state index contributed by atoms with van der Waals surface area (Å²) < 4.78 is 0. The third kappa shape index (κ3) is 6.95. The van der Waals surface area contributed by atoms with Gasteiger partial charge in [0.1, 0.15) is 0 Å². The summed E-state index contributed by atoms with van der Waals surface area (Å²) in [4.78, 5) is 37.5. The molecular weight excluding hydrogens is 368 g/mol. The molecule has 0 aliphatic rings. The number of nitrogens with zero attached hydrogens (tertiary/aromatic N) is 1. The van der Waals surface area contributed by atoms with Crippen molar-refractivity contribution >= 4 is 34.8 Å². The highest BCUT2D eigenvalue weighted by Crippen LogP contribution is 2.20. The van der Waals surface area contributed by atoms with Crippen molar-refractivity contribution in [1.82, 2.24) is 5.32 Å². The number of carbonyl (C=O) groups excluding carboxylic acids is 3. The summed E-state index contributed by atoms with van der Waals surface area (Å²) in [6.07, 6.45) is 0. The quantitative estimate of drug-likeness (QED) is 0.639. The summed E-state index contributed by atoms with van der Waals surface area (Å²) in [6.45, 7) is 8.83. The second-order valence-corrected chi connectivity index (χ2v) is 6.84. The van der Waals surface area contributed by atoms with Crippen LogP contribution in [-0.2, 0) is 9.59 Å². The van der Waals surface area contributed by atoms with Crippen molar-refractivity contribution in [3.63, 3.8) is 0 Å². The highest BCUT2D eigenvalue weighted by atomic mass is 16.2. The topological polar surface area (TPSA) is 90.5 Å². The van der Waals surface area contributed by atoms with E-state index in [2.05, 4.69) is 39.9 Å². The van der Waals surface area contributed by atoms with Crippen molar-refractivity contribution in [3.05, 3.63) is 53.6 Å². The van der Waals surface area contributed by atoms with E-state index in [0.717, 1.165) is 12.2 Å². The van der Waals surface area contributed by atoms with Gasteiger partial charge in [-0.2, -0.15) is 0 Å². The fourth-order valence-corrected chi connectivity index (χ4v) is 3.01. The van der Waals surface area contributed by atoms with Crippen molar-refractivity contribution in [3.8, 4) is 0 Å². The zero-order valence-electron chi connectivity index (χ0n) is 17.3. The number of hydrogen-bond acceptors (Lipinski definition) is 4. The number of nitrogens with one attached hydrogen (secondary N) is 3. The van der Waals surface area contributed by atoms with E-state index in [4.69, 9.17) is 0 Å². The molecule has 0 atom stereocenters. The Morgan fingerprint density at radius 2 is 1.55 bits per heavy atom. The Bertz CT molecular complexity index is 861. The monoisotopic (exact) mass is 396 g/mol. The van der Waals surface area contributed by atoms with Crippen LogP contribution >= 0.6 is 0 Å². The van der Waals surface area contributed by atoms with E-state index in [1.165, 1.54) is 19.4 Å². The first kappa shape index (κ1) is 21.9. The third-order valence-corrected chi connectivity index (χ3v) is 4.25. The van der Waals surface area contributed by atoms with Gasteiger partial charge < -0.3 is 20.9 Å². The van der Waals surface area contributed by atoms with E-state index in [0.29, 0.717) is 30.0 Å². The minimum Gasteiger partial charge on any atom is -0.370 e. The molecule has 29 heavy (non-hydrogen) atoms. The van der Waals surface area contributed by atoms with Crippen LogP contribution in [-0.4, -0.2) is 37.4 Å². The molecule has 0 heterocycles. The van der Waals surface area contributed by atoms with Crippen LogP contribution < -0.4 is 20.9 Å². The molecule has 0 aromatic heterocycles. The molecule has 0 spiro atoms. The maximum absolute atomic E-state index is 12.6. The summed E-state index contributed by atoms with van der Waals surface area (Å²) in [5.41, 5.74) is 3.55. The van der Waals surface area contributed by atoms with Crippen molar-refractivity contribution in [2.24, 2.45) is 0 Å². The van der Waals surface area contributed by atoms with E-state index < -0.39 is 0 Å². The molecule has 2 aromatic rings. The Kier molecular flexibility index (Phi) is 7.77. The van der Waals surface area contributed by atoms with E-state index in [1.807, 2.05) is 19.1 Å². The van der Waals surface area contributed by atoms with Crippen LogP contribution in [0.3, 0.4) is 0 Å². The fourth-order valence-electron chi connectivity index (χ4n) is 3.01. The summed E-state index contributed by atoms with van der Waals surface area (Å²) >= 11 is 0. The number of benzene rings is 2. The SMILES string of the molecule is CCN(CCNC(=O)c1cc(NC(C)=O)cc(NC(C)=O)c1)c1cccc(C)c1. The molecule has 0 saturated heterocycles. The number of carbonyl (C=O) groups is 3. The Labute approximate surface area is 171 Å². The van der Waals surface area contributed by atoms with Gasteiger partial charge in [-0.05, 0) is 49.7 Å². The molecule has 154 valence electrons. The van der Waals surface area contributed by atoms with E-state index in [1.54, 1.807) is 18.2 Å². The van der Waals surface area contributed by atoms with Crippen molar-refractivity contribution < 1.29 is 14.4 Å². The van der Waals surface area contributed by atoms with E-state index >= 15 is 0 Å². The van der Waals surface area contributed by atoms with E-state index in [-0.39, 0.29) is 17.7 Å². The van der Waals surface area contributed by atoms with Crippen molar-refractivity contribution in [2.75, 3.05) is 35.2 Å². The summed E-state index contributed by atoms with van der Waals surface area (Å²) in [5.74, 6) is -0.787. The summed E-state index contributed by atoms with van der Waals surface area (Å²) in [6, 6.07) is 13.0. The molecule has 0 radical (unpaired) electrons. The van der Waals surface area contributed by atoms with Gasteiger partial charge in [-0.3, -0.25) is 14.4 Å². The smallest absolute Gasteiger partial charge is 0.251 e. The largest absolute Gasteiger partial charge is 0.370 e. The van der Waals surface area contributed by atoms with Crippen LogP contribution in [0.5, 0.6) is 0 Å². The average Bonchev–Trinajstić information content (AvgIpc) is 2.63. The Morgan fingerprint density at radius 1 is 0.931 bits per heavy atom. The highest BCUT2D eigenvalue weighted by Gasteiger charge is 2.11. The molecule has 0 saturated carbocycles. The van der Waals surface area contributed by atoms with Gasteiger partial charge in [0.05, 0.1) is 0 Å². The van der Waals surface area contributed by atoms with Gasteiger partial charge in [0.25, 0.3) is 5.91 Å². The molecule has 0 fully saturated rings. The Morgan fingerprint density at radius 3 is 2.07 bits per heavy atom. The number of anilines is 3. The molecule has 0 unspecified atom stereocenters. The Balaban J connectivity index is 2.06. The average molecular weight is 396 g/mol. The lowest BCUT2D eigenvalue weighted by molar-refractivity contribution is -0.115. The number of likely N-dealkylation sites (N-methyl/N-ethyl adjacent to an activating group) is 1. The minimum atomic E-state index is -0.274. The van der Waals surface area contributed by atoms with Crippen LogP contribution in [0.25, 0.3) is 0 Å². The first-order valence-corrected chi connectivity index (χ1v) is 9.58. The maximum Gasteiger partial charge on any atom is 0.251 e. The lowest BCUT2D eigenvalue weighted by Crippen LogP contribution is -2.35. The van der Waals surface area contributed by atoms with Crippen LogP contribution in [0.15, 0.2) is 42.5 Å². The summed E-state index contributed by atoms with van der Waals surface area (Å²) in [5, 5.41) is 8.19. The number of hydrogen-bond donors (Lipinski definition) is 3. The maximum atomic E-state index is 12.6. The molecule has 3 amide bonds. The molecule has 7 nitrogen and oxygen atoms in total. The van der Waals surface area contributed by atoms with Gasteiger partial charge in [-0.25, -0.2) is 0 Å². The molecular formula is C22H28N4O3. The van der Waals surface area contributed by atoms with Crippen LogP contribution in [0.1, 0.15) is 36.7 Å². The highest BCUT2D eigenvalue weighted by molar-refractivity contribution is 5.99. The first-order valence-electron chi connectivity index (χ1n) is 9.58. The van der Waals surface area contributed by atoms with E-state index in [9.17, 15) is 14.4 Å². The normalized spacial score (nSPS) is 10.2. The molecule has 0 aliphatic heterocycles. The predicted molar refractivity (Wildman–Crippen MR) is 116 cm³/mol. The zero-order valence-corrected chi connectivity index (χ0v) is 17.3. The van der Waals surface area contributed by atoms with Crippen LogP contribution in [0.2, 0.25) is 0 Å². The lowest BCUT2D eigenvalue weighted by atomic mass is 10.1. The van der Waals surface area contributed by atoms with Gasteiger partial charge in [0, 0.05) is 56.1 Å². The molecule has 3 N–H and O–H groups in total. The summed E-state index contributed by atoms with van der Waals surface area (Å²) in [7, 11) is 0. The first-order chi connectivity index (χ1) is 13.8. The number of amides is 3. The van der Waals surface area contributed by atoms with Gasteiger partial charge in [0.15, 0.2) is 0 Å².